The van der Waals surface area contributed by atoms with Crippen molar-refractivity contribution in [2.75, 3.05) is 26.2 Å². The summed E-state index contributed by atoms with van der Waals surface area (Å²) >= 11 is 0. The van der Waals surface area contributed by atoms with Gasteiger partial charge in [-0.2, -0.15) is 0 Å². The highest BCUT2D eigenvalue weighted by Crippen LogP contribution is 2.44. The van der Waals surface area contributed by atoms with Crippen molar-refractivity contribution in [3.8, 4) is 11.1 Å². The lowest BCUT2D eigenvalue weighted by Gasteiger charge is -2.21. The number of nitrogens with one attached hydrogen (secondary N) is 1. The van der Waals surface area contributed by atoms with Crippen molar-refractivity contribution in [3.05, 3.63) is 59.7 Å². The minimum absolute atomic E-state index is 0.0177. The van der Waals surface area contributed by atoms with Gasteiger partial charge in [-0.25, -0.2) is 4.79 Å². The molecule has 0 aliphatic heterocycles. The van der Waals surface area contributed by atoms with Crippen molar-refractivity contribution < 1.29 is 24.2 Å². The molecule has 0 unspecified atom stereocenters. The number of carboxylic acids is 1. The second kappa shape index (κ2) is 10.6. The average Bonchev–Trinajstić information content (AvgIpc) is 3.09. The topological polar surface area (TPSA) is 95.9 Å². The van der Waals surface area contributed by atoms with Crippen molar-refractivity contribution >= 4 is 18.0 Å². The van der Waals surface area contributed by atoms with Gasteiger partial charge in [0.15, 0.2) is 0 Å². The minimum atomic E-state index is -0.939. The van der Waals surface area contributed by atoms with Gasteiger partial charge in [0, 0.05) is 32.0 Å². The Labute approximate surface area is 182 Å². The summed E-state index contributed by atoms with van der Waals surface area (Å²) in [7, 11) is 0. The van der Waals surface area contributed by atoms with Gasteiger partial charge in [-0.3, -0.25) is 9.59 Å². The van der Waals surface area contributed by atoms with Gasteiger partial charge in [-0.15, -0.1) is 0 Å². The summed E-state index contributed by atoms with van der Waals surface area (Å²) in [5, 5.41) is 11.4. The first-order chi connectivity index (χ1) is 15.0. The quantitative estimate of drug-likeness (QED) is 0.607. The first kappa shape index (κ1) is 22.3. The second-order valence-corrected chi connectivity index (χ2v) is 7.53. The van der Waals surface area contributed by atoms with Crippen LogP contribution in [0.4, 0.5) is 4.79 Å². The molecule has 2 amide bonds. The van der Waals surface area contributed by atoms with Crippen LogP contribution < -0.4 is 5.32 Å². The van der Waals surface area contributed by atoms with Gasteiger partial charge in [-0.1, -0.05) is 55.5 Å². The highest BCUT2D eigenvalue weighted by atomic mass is 16.5. The monoisotopic (exact) mass is 424 g/mol. The third-order valence-electron chi connectivity index (χ3n) is 5.39. The number of carbonyl (C=O) groups excluding carboxylic acids is 2. The third-order valence-corrected chi connectivity index (χ3v) is 5.39. The van der Waals surface area contributed by atoms with Gasteiger partial charge < -0.3 is 20.1 Å². The summed E-state index contributed by atoms with van der Waals surface area (Å²) in [6, 6.07) is 16.2. The molecule has 1 aliphatic carbocycles. The number of hydrogen-bond donors (Lipinski definition) is 2. The summed E-state index contributed by atoms with van der Waals surface area (Å²) < 4.78 is 5.46. The van der Waals surface area contributed by atoms with Gasteiger partial charge in [-0.05, 0) is 28.7 Å². The lowest BCUT2D eigenvalue weighted by molar-refractivity contribution is -0.138. The van der Waals surface area contributed by atoms with Crippen molar-refractivity contribution in [2.45, 2.75) is 32.1 Å². The molecule has 0 fully saturated rings. The van der Waals surface area contributed by atoms with Crippen LogP contribution in [0, 0.1) is 0 Å². The molecule has 1 aliphatic rings. The number of rotatable bonds is 10. The second-order valence-electron chi connectivity index (χ2n) is 7.53. The van der Waals surface area contributed by atoms with Crippen LogP contribution in [0.15, 0.2) is 48.5 Å². The van der Waals surface area contributed by atoms with Crippen molar-refractivity contribution in [3.63, 3.8) is 0 Å². The van der Waals surface area contributed by atoms with Crippen LogP contribution >= 0.6 is 0 Å². The Morgan fingerprint density at radius 3 is 2.16 bits per heavy atom. The largest absolute Gasteiger partial charge is 0.481 e. The molecule has 0 saturated carbocycles. The molecule has 3 rings (SSSR count). The Morgan fingerprint density at radius 1 is 0.968 bits per heavy atom. The van der Waals surface area contributed by atoms with Crippen LogP contribution in [0.2, 0.25) is 0 Å². The maximum Gasteiger partial charge on any atom is 0.407 e. The van der Waals surface area contributed by atoms with Gasteiger partial charge in [0.2, 0.25) is 5.91 Å². The number of hydrogen-bond acceptors (Lipinski definition) is 4. The fraction of sp³-hybridized carbons (Fsp3) is 0.375. The first-order valence-corrected chi connectivity index (χ1v) is 10.6. The maximum atomic E-state index is 12.3. The number of nitrogens with zero attached hydrogens (tertiary/aromatic N) is 1. The van der Waals surface area contributed by atoms with Crippen LogP contribution in [-0.2, 0) is 14.3 Å². The molecule has 0 bridgehead atoms. The lowest BCUT2D eigenvalue weighted by Crippen LogP contribution is -2.36. The van der Waals surface area contributed by atoms with E-state index in [0.29, 0.717) is 6.54 Å². The van der Waals surface area contributed by atoms with E-state index in [0.717, 1.165) is 28.7 Å². The normalized spacial score (nSPS) is 12.0. The predicted octanol–water partition coefficient (Wildman–Crippen LogP) is 3.63. The van der Waals surface area contributed by atoms with E-state index in [4.69, 9.17) is 9.84 Å². The number of fused-ring (bicyclic) bond motifs is 3. The molecule has 0 atom stereocenters. The zero-order valence-electron chi connectivity index (χ0n) is 17.7. The van der Waals surface area contributed by atoms with Gasteiger partial charge in [0.25, 0.3) is 0 Å². The molecule has 0 aromatic heterocycles. The third kappa shape index (κ3) is 5.63. The van der Waals surface area contributed by atoms with Crippen molar-refractivity contribution in [2.24, 2.45) is 0 Å². The molecule has 2 aromatic rings. The number of alkyl carbamates (subject to hydrolysis) is 1. The van der Waals surface area contributed by atoms with Crippen molar-refractivity contribution in [1.29, 1.82) is 0 Å². The van der Waals surface area contributed by atoms with Gasteiger partial charge in [0.05, 0.1) is 6.42 Å². The van der Waals surface area contributed by atoms with Crippen LogP contribution in [-0.4, -0.2) is 54.2 Å². The highest BCUT2D eigenvalue weighted by molar-refractivity contribution is 5.79. The lowest BCUT2D eigenvalue weighted by atomic mass is 9.98. The van der Waals surface area contributed by atoms with Crippen LogP contribution in [0.25, 0.3) is 11.1 Å². The molecular formula is C24H28N2O5. The standard InChI is InChI=1S/C24H28N2O5/c1-2-14-26(15-12-23(28)29)22(27)11-13-25-24(30)31-16-21-19-9-5-3-7-17(19)18-8-4-6-10-20(18)21/h3-10,21H,2,11-16H2,1H3,(H,25,30)(H,28,29). The van der Waals surface area contributed by atoms with E-state index >= 15 is 0 Å². The number of carbonyl (C=O) groups is 3. The molecule has 0 heterocycles. The molecule has 0 radical (unpaired) electrons. The number of carboxylic acid groups (broad SMARTS) is 1. The average molecular weight is 424 g/mol. The fourth-order valence-corrected chi connectivity index (χ4v) is 3.94. The number of ether oxygens (including phenoxy) is 1. The van der Waals surface area contributed by atoms with E-state index in [1.165, 1.54) is 4.90 Å². The number of amides is 2. The Hall–Kier alpha value is -3.35. The molecule has 164 valence electrons. The summed E-state index contributed by atoms with van der Waals surface area (Å²) in [6.07, 6.45) is 0.183. The van der Waals surface area contributed by atoms with E-state index < -0.39 is 12.1 Å². The summed E-state index contributed by atoms with van der Waals surface area (Å²) in [4.78, 5) is 36.8. The smallest absolute Gasteiger partial charge is 0.407 e. The van der Waals surface area contributed by atoms with Crippen LogP contribution in [0.5, 0.6) is 0 Å². The molecule has 0 spiro atoms. The van der Waals surface area contributed by atoms with Gasteiger partial charge in [0.1, 0.15) is 6.61 Å². The van der Waals surface area contributed by atoms with E-state index in [-0.39, 0.29) is 44.4 Å². The number of benzene rings is 2. The summed E-state index contributed by atoms with van der Waals surface area (Å²) in [5.74, 6) is -1.14. The zero-order chi connectivity index (χ0) is 22.2. The highest BCUT2D eigenvalue weighted by Gasteiger charge is 2.29. The van der Waals surface area contributed by atoms with Gasteiger partial charge >= 0.3 is 12.1 Å². The molecule has 2 aromatic carbocycles. The fourth-order valence-electron chi connectivity index (χ4n) is 3.94. The maximum absolute atomic E-state index is 12.3. The summed E-state index contributed by atoms with van der Waals surface area (Å²) in [6.45, 7) is 2.96. The molecule has 7 heteroatoms. The van der Waals surface area contributed by atoms with Crippen molar-refractivity contribution in [1.82, 2.24) is 10.2 Å². The minimum Gasteiger partial charge on any atom is -0.481 e. The van der Waals surface area contributed by atoms with E-state index in [1.54, 1.807) is 0 Å². The Morgan fingerprint density at radius 2 is 1.58 bits per heavy atom. The number of aliphatic carboxylic acids is 1. The SMILES string of the molecule is CCCN(CCC(=O)O)C(=O)CCNC(=O)OCC1c2ccccc2-c2ccccc21. The predicted molar refractivity (Wildman–Crippen MR) is 117 cm³/mol. The van der Waals surface area contributed by atoms with E-state index in [9.17, 15) is 14.4 Å². The van der Waals surface area contributed by atoms with E-state index in [1.807, 2.05) is 31.2 Å². The summed E-state index contributed by atoms with van der Waals surface area (Å²) in [5.41, 5.74) is 4.60. The zero-order valence-corrected chi connectivity index (χ0v) is 17.7. The molecular weight excluding hydrogens is 396 g/mol. The Kier molecular flexibility index (Phi) is 7.65. The first-order valence-electron chi connectivity index (χ1n) is 10.6. The molecule has 0 saturated heterocycles. The van der Waals surface area contributed by atoms with Crippen LogP contribution in [0.1, 0.15) is 43.2 Å². The molecule has 7 nitrogen and oxygen atoms in total. The molecule has 2 N–H and O–H groups in total. The Balaban J connectivity index is 1.48. The molecule has 31 heavy (non-hydrogen) atoms. The van der Waals surface area contributed by atoms with E-state index in [2.05, 4.69) is 29.6 Å². The van der Waals surface area contributed by atoms with Crippen LogP contribution in [0.3, 0.4) is 0 Å². The Bertz CT molecular complexity index is 898.